The van der Waals surface area contributed by atoms with E-state index in [9.17, 15) is 4.21 Å². The van der Waals surface area contributed by atoms with Gasteiger partial charge in [0.25, 0.3) is 0 Å². The number of hydrogen-bond donors (Lipinski definition) is 0. The van der Waals surface area contributed by atoms with Gasteiger partial charge in [-0.05, 0) is 55.3 Å². The molecule has 5 heteroatoms. The molecule has 2 nitrogen and oxygen atoms in total. The van der Waals surface area contributed by atoms with Gasteiger partial charge in [0.2, 0.25) is 0 Å². The van der Waals surface area contributed by atoms with Gasteiger partial charge < -0.3 is 0 Å². The Hall–Kier alpha value is -0.190. The summed E-state index contributed by atoms with van der Waals surface area (Å²) >= 11 is 9.54. The van der Waals surface area contributed by atoms with Crippen LogP contribution in [0.2, 0.25) is 5.02 Å². The van der Waals surface area contributed by atoms with Crippen molar-refractivity contribution in [2.45, 2.75) is 32.4 Å². The van der Waals surface area contributed by atoms with Crippen LogP contribution in [0.25, 0.3) is 0 Å². The normalized spacial score (nSPS) is 14.2. The Morgan fingerprint density at radius 2 is 2.00 bits per heavy atom. The van der Waals surface area contributed by atoms with Gasteiger partial charge in [-0.1, -0.05) is 17.7 Å². The molecule has 0 spiro atoms. The number of halogens is 2. The van der Waals surface area contributed by atoms with Crippen LogP contribution < -0.4 is 0 Å². The zero-order chi connectivity index (χ0) is 13.2. The summed E-state index contributed by atoms with van der Waals surface area (Å²) in [6, 6.07) is 3.73. The molecule has 0 saturated heterocycles. The lowest BCUT2D eigenvalue weighted by Crippen LogP contribution is -2.19. The van der Waals surface area contributed by atoms with Gasteiger partial charge in [0, 0.05) is 16.3 Å². The van der Waals surface area contributed by atoms with Crippen LogP contribution in [0, 0.1) is 6.92 Å². The third-order valence-electron chi connectivity index (χ3n) is 2.12. The van der Waals surface area contributed by atoms with Crippen LogP contribution in [-0.2, 0) is 11.0 Å². The van der Waals surface area contributed by atoms with Crippen LogP contribution in [0.1, 0.15) is 31.9 Å². The van der Waals surface area contributed by atoms with Gasteiger partial charge in [-0.3, -0.25) is 0 Å². The van der Waals surface area contributed by atoms with E-state index in [0.29, 0.717) is 5.02 Å². The standard InChI is InChI=1S/C12H15BrClNOS/c1-8-5-6-10(14)9(11(8)13)7-15-17(16)12(2,3)4/h5-7H,1-4H3/b15-7+. The van der Waals surface area contributed by atoms with Crippen molar-refractivity contribution in [2.24, 2.45) is 4.40 Å². The zero-order valence-electron chi connectivity index (χ0n) is 10.3. The molecular formula is C12H15BrClNOS. The Kier molecular flexibility index (Phi) is 4.93. The molecule has 1 atom stereocenters. The van der Waals surface area contributed by atoms with Gasteiger partial charge in [-0.15, -0.1) is 0 Å². The van der Waals surface area contributed by atoms with Crippen molar-refractivity contribution in [1.82, 2.24) is 0 Å². The van der Waals surface area contributed by atoms with Gasteiger partial charge in [-0.2, -0.15) is 4.40 Å². The molecule has 0 aliphatic carbocycles. The molecular weight excluding hydrogens is 322 g/mol. The average Bonchev–Trinajstić information content (AvgIpc) is 2.22. The van der Waals surface area contributed by atoms with E-state index >= 15 is 0 Å². The third kappa shape index (κ3) is 3.90. The lowest BCUT2D eigenvalue weighted by molar-refractivity contribution is 0.651. The van der Waals surface area contributed by atoms with Crippen LogP contribution in [-0.4, -0.2) is 15.2 Å². The van der Waals surface area contributed by atoms with E-state index in [1.165, 1.54) is 0 Å². The van der Waals surface area contributed by atoms with Crippen LogP contribution in [0.3, 0.4) is 0 Å². The molecule has 0 saturated carbocycles. The first-order valence-corrected chi connectivity index (χ1v) is 7.42. The highest BCUT2D eigenvalue weighted by atomic mass is 79.9. The van der Waals surface area contributed by atoms with E-state index in [1.807, 2.05) is 39.8 Å². The predicted molar refractivity (Wildman–Crippen MR) is 79.4 cm³/mol. The molecule has 0 aliphatic rings. The van der Waals surface area contributed by atoms with E-state index in [4.69, 9.17) is 11.6 Å². The predicted octanol–water partition coefficient (Wildman–Crippen LogP) is 4.29. The lowest BCUT2D eigenvalue weighted by Gasteiger charge is -2.13. The fourth-order valence-electron chi connectivity index (χ4n) is 1.06. The second kappa shape index (κ2) is 5.63. The number of nitrogens with zero attached hydrogens (tertiary/aromatic N) is 1. The summed E-state index contributed by atoms with van der Waals surface area (Å²) in [5.74, 6) is 0. The maximum Gasteiger partial charge on any atom is 0.144 e. The highest BCUT2D eigenvalue weighted by Crippen LogP contribution is 2.27. The summed E-state index contributed by atoms with van der Waals surface area (Å²) in [6.07, 6.45) is 1.57. The molecule has 0 aliphatic heterocycles. The highest BCUT2D eigenvalue weighted by Gasteiger charge is 2.18. The monoisotopic (exact) mass is 335 g/mol. The first-order chi connectivity index (χ1) is 7.73. The van der Waals surface area contributed by atoms with Gasteiger partial charge in [0.1, 0.15) is 11.0 Å². The second-order valence-electron chi connectivity index (χ2n) is 4.69. The van der Waals surface area contributed by atoms with Gasteiger partial charge in [-0.25, -0.2) is 4.21 Å². The summed E-state index contributed by atoms with van der Waals surface area (Å²) < 4.78 is 16.4. The van der Waals surface area contributed by atoms with Gasteiger partial charge >= 0.3 is 0 Å². The maximum absolute atomic E-state index is 11.8. The first kappa shape index (κ1) is 14.9. The molecule has 0 bridgehead atoms. The maximum atomic E-state index is 11.8. The molecule has 1 aromatic carbocycles. The molecule has 0 radical (unpaired) electrons. The molecule has 0 N–H and O–H groups in total. The van der Waals surface area contributed by atoms with Crippen molar-refractivity contribution in [3.05, 3.63) is 32.8 Å². The minimum Gasteiger partial charge on any atom is -0.234 e. The number of hydrogen-bond acceptors (Lipinski definition) is 1. The van der Waals surface area contributed by atoms with Crippen molar-refractivity contribution >= 4 is 44.7 Å². The van der Waals surface area contributed by atoms with Crippen molar-refractivity contribution in [2.75, 3.05) is 0 Å². The fraction of sp³-hybridized carbons (Fsp3) is 0.417. The average molecular weight is 337 g/mol. The van der Waals surface area contributed by atoms with Crippen molar-refractivity contribution in [1.29, 1.82) is 0 Å². The molecule has 0 aromatic heterocycles. The smallest absolute Gasteiger partial charge is 0.144 e. The van der Waals surface area contributed by atoms with Gasteiger partial charge in [0.05, 0.1) is 9.77 Å². The summed E-state index contributed by atoms with van der Waals surface area (Å²) in [6.45, 7) is 7.62. The summed E-state index contributed by atoms with van der Waals surface area (Å²) in [7, 11) is -1.27. The van der Waals surface area contributed by atoms with Crippen LogP contribution >= 0.6 is 27.5 Å². The fourth-order valence-corrected chi connectivity index (χ4v) is 2.34. The summed E-state index contributed by atoms with van der Waals surface area (Å²) in [4.78, 5) is 0. The Labute approximate surface area is 118 Å². The molecule has 0 amide bonds. The number of benzene rings is 1. The molecule has 1 unspecified atom stereocenters. The lowest BCUT2D eigenvalue weighted by atomic mass is 10.1. The Bertz CT molecular complexity index is 480. The second-order valence-corrected chi connectivity index (χ2v) is 7.82. The molecule has 0 fully saturated rings. The quantitative estimate of drug-likeness (QED) is 0.741. The minimum atomic E-state index is -1.27. The van der Waals surface area contributed by atoms with E-state index in [1.54, 1.807) is 6.21 Å². The van der Waals surface area contributed by atoms with Crippen LogP contribution in [0.15, 0.2) is 21.0 Å². The van der Waals surface area contributed by atoms with Crippen molar-refractivity contribution in [3.63, 3.8) is 0 Å². The van der Waals surface area contributed by atoms with Crippen molar-refractivity contribution in [3.8, 4) is 0 Å². The highest BCUT2D eigenvalue weighted by molar-refractivity contribution is 9.10. The Morgan fingerprint density at radius 1 is 1.41 bits per heavy atom. The minimum absolute atomic E-state index is 0.362. The first-order valence-electron chi connectivity index (χ1n) is 5.14. The van der Waals surface area contributed by atoms with E-state index in [-0.39, 0.29) is 4.75 Å². The Balaban J connectivity index is 3.08. The molecule has 1 aromatic rings. The molecule has 0 heterocycles. The SMILES string of the molecule is Cc1ccc(Cl)c(/C=N/S(=O)C(C)(C)C)c1Br. The van der Waals surface area contributed by atoms with E-state index in [0.717, 1.165) is 15.6 Å². The summed E-state index contributed by atoms with van der Waals surface area (Å²) in [5.41, 5.74) is 1.83. The molecule has 94 valence electrons. The number of aryl methyl sites for hydroxylation is 1. The van der Waals surface area contributed by atoms with Gasteiger partial charge in [0.15, 0.2) is 0 Å². The molecule has 17 heavy (non-hydrogen) atoms. The third-order valence-corrected chi connectivity index (χ3v) is 4.85. The van der Waals surface area contributed by atoms with Crippen LogP contribution in [0.5, 0.6) is 0 Å². The van der Waals surface area contributed by atoms with Crippen molar-refractivity contribution < 1.29 is 4.21 Å². The van der Waals surface area contributed by atoms with E-state index in [2.05, 4.69) is 20.3 Å². The number of rotatable bonds is 2. The largest absolute Gasteiger partial charge is 0.234 e. The zero-order valence-corrected chi connectivity index (χ0v) is 13.4. The Morgan fingerprint density at radius 3 is 2.53 bits per heavy atom. The summed E-state index contributed by atoms with van der Waals surface area (Å²) in [5, 5.41) is 0.595. The molecule has 1 rings (SSSR count). The van der Waals surface area contributed by atoms with E-state index < -0.39 is 11.0 Å². The topological polar surface area (TPSA) is 29.4 Å². The van der Waals surface area contributed by atoms with Crippen LogP contribution in [0.4, 0.5) is 0 Å².